The molecular weight excluding hydrogens is 834 g/mol. The van der Waals surface area contributed by atoms with Crippen molar-refractivity contribution in [1.29, 1.82) is 0 Å². The first-order valence-corrected chi connectivity index (χ1v) is 22.2. The first kappa shape index (κ1) is 40.8. The lowest BCUT2D eigenvalue weighted by Crippen LogP contribution is -2.79. The Hall–Kier alpha value is -5.29. The molecular formula is C47H45Cl2FN6O6. The van der Waals surface area contributed by atoms with Crippen LogP contribution in [-0.4, -0.2) is 70.0 Å². The number of piperidine rings is 1. The predicted octanol–water partition coefficient (Wildman–Crippen LogP) is 5.53. The summed E-state index contributed by atoms with van der Waals surface area (Å²) in [6.07, 6.45) is 6.90. The molecule has 3 aromatic carbocycles. The lowest BCUT2D eigenvalue weighted by molar-refractivity contribution is -0.184. The van der Waals surface area contributed by atoms with Gasteiger partial charge in [0.05, 0.1) is 16.5 Å². The Morgan fingerprint density at radius 3 is 2.50 bits per heavy atom. The molecule has 3 aromatic rings. The van der Waals surface area contributed by atoms with Gasteiger partial charge in [0, 0.05) is 64.8 Å². The van der Waals surface area contributed by atoms with E-state index in [2.05, 4.69) is 38.4 Å². The van der Waals surface area contributed by atoms with E-state index in [9.17, 15) is 28.8 Å². The molecule has 0 radical (unpaired) electrons. The third kappa shape index (κ3) is 6.11. The Morgan fingerprint density at radius 1 is 0.952 bits per heavy atom. The maximum Gasteiger partial charge on any atom is 0.255 e. The van der Waals surface area contributed by atoms with Crippen molar-refractivity contribution in [3.8, 4) is 11.8 Å². The number of carbonyl (C=O) groups is 6. The molecule has 4 atom stereocenters. The molecule has 15 heteroatoms. The average Bonchev–Trinajstić information content (AvgIpc) is 3.81. The van der Waals surface area contributed by atoms with E-state index >= 15 is 4.39 Å². The fourth-order valence-corrected chi connectivity index (χ4v) is 12.5. The Bertz CT molecular complexity index is 2550. The Labute approximate surface area is 367 Å². The second-order valence-electron chi connectivity index (χ2n) is 18.3. The van der Waals surface area contributed by atoms with Gasteiger partial charge in [-0.2, -0.15) is 0 Å². The summed E-state index contributed by atoms with van der Waals surface area (Å²) >= 11 is 12.8. The van der Waals surface area contributed by atoms with Crippen LogP contribution in [0.15, 0.2) is 54.6 Å². The van der Waals surface area contributed by atoms with Crippen LogP contribution in [0, 0.1) is 23.1 Å². The number of imide groups is 1. The highest BCUT2D eigenvalue weighted by Crippen LogP contribution is 2.68. The Kier molecular flexibility index (Phi) is 9.81. The molecule has 62 heavy (non-hydrogen) atoms. The number of fused-ring (bicyclic) bond motifs is 4. The number of nitrogens with one attached hydrogen (secondary N) is 5. The topological polar surface area (TPSA) is 166 Å². The molecule has 6 fully saturated rings. The van der Waals surface area contributed by atoms with E-state index in [0.717, 1.165) is 24.8 Å². The summed E-state index contributed by atoms with van der Waals surface area (Å²) in [6, 6.07) is 13.7. The SMILES string of the molecule is O=C1CCC(N2Cc3c(C#CCCCNC(=O)C45CC(NC(=O)[C@@H]6NC7(CCCCC7)[C@@]7(C(=O)Nc8cc(Cl)ccc87)[C@H]6c6cccc(Cl)c6F)(C4)C5)cccc3C2=O)C(=O)N1. The number of rotatable bonds is 8. The lowest BCUT2D eigenvalue weighted by Gasteiger charge is -2.69. The molecule has 2 bridgehead atoms. The van der Waals surface area contributed by atoms with Crippen molar-refractivity contribution in [2.24, 2.45) is 5.41 Å². The van der Waals surface area contributed by atoms with Gasteiger partial charge in [0.1, 0.15) is 17.3 Å². The van der Waals surface area contributed by atoms with Crippen LogP contribution in [0.1, 0.15) is 116 Å². The number of unbranched alkanes of at least 4 members (excludes halogenated alkanes) is 1. The number of amides is 6. The largest absolute Gasteiger partial charge is 0.356 e. The Balaban J connectivity index is 0.790. The molecule has 320 valence electrons. The van der Waals surface area contributed by atoms with Crippen molar-refractivity contribution in [2.75, 3.05) is 11.9 Å². The minimum atomic E-state index is -1.33. The molecule has 8 aliphatic rings. The average molecular weight is 880 g/mol. The first-order valence-electron chi connectivity index (χ1n) is 21.5. The van der Waals surface area contributed by atoms with Crippen molar-refractivity contribution in [3.05, 3.63) is 98.3 Å². The molecule has 5 N–H and O–H groups in total. The van der Waals surface area contributed by atoms with E-state index in [1.807, 2.05) is 12.1 Å². The monoisotopic (exact) mass is 878 g/mol. The standard InChI is InChI=1S/C47H45Cl2FN6O6/c48-27-14-15-31-33(21-27)52-43(62)47(31)36(29-12-8-13-32(49)37(29)50)38(54-46(47)18-4-2-5-19-46)40(59)55-45-23-44(24-45,25-45)42(61)51-20-6-1-3-9-26-10-7-11-28-30(26)22-56(41(28)60)34-16-17-35(57)53-39(34)58/h7-8,10-15,21,34,36,38,54H,1-2,4-6,16-20,22-25H2,(H,51,61)(H,52,62)(H,55,59)(H,53,57,58)/t34?,36-,38+,44?,45?,47+/m0/s1. The van der Waals surface area contributed by atoms with Gasteiger partial charge in [-0.25, -0.2) is 4.39 Å². The number of nitrogens with zero attached hydrogens (tertiary/aromatic N) is 1. The molecule has 6 amide bonds. The van der Waals surface area contributed by atoms with Crippen molar-refractivity contribution in [1.82, 2.24) is 26.2 Å². The molecule has 2 saturated heterocycles. The molecule has 4 aliphatic carbocycles. The maximum atomic E-state index is 16.3. The molecule has 4 saturated carbocycles. The van der Waals surface area contributed by atoms with Gasteiger partial charge in [-0.15, -0.1) is 0 Å². The van der Waals surface area contributed by atoms with E-state index in [1.165, 1.54) is 11.0 Å². The molecule has 0 aromatic heterocycles. The lowest BCUT2D eigenvalue weighted by atomic mass is 9.39. The van der Waals surface area contributed by atoms with Crippen molar-refractivity contribution in [3.63, 3.8) is 0 Å². The third-order valence-corrected chi connectivity index (χ3v) is 15.3. The highest BCUT2D eigenvalue weighted by Gasteiger charge is 2.75. The smallest absolute Gasteiger partial charge is 0.255 e. The maximum absolute atomic E-state index is 16.3. The minimum Gasteiger partial charge on any atom is -0.356 e. The van der Waals surface area contributed by atoms with Crippen LogP contribution in [0.25, 0.3) is 0 Å². The van der Waals surface area contributed by atoms with Gasteiger partial charge in [-0.1, -0.05) is 78.6 Å². The van der Waals surface area contributed by atoms with E-state index in [1.54, 1.807) is 36.4 Å². The second-order valence-corrected chi connectivity index (χ2v) is 19.2. The highest BCUT2D eigenvalue weighted by molar-refractivity contribution is 6.31. The van der Waals surface area contributed by atoms with Crippen LogP contribution in [0.5, 0.6) is 0 Å². The summed E-state index contributed by atoms with van der Waals surface area (Å²) in [5, 5.41) is 15.8. The summed E-state index contributed by atoms with van der Waals surface area (Å²) in [5.41, 5.74) is 0.0723. The normalized spacial score (nSPS) is 29.8. The number of halogens is 3. The van der Waals surface area contributed by atoms with Gasteiger partial charge < -0.3 is 20.9 Å². The fourth-order valence-electron chi connectivity index (χ4n) is 12.1. The summed E-state index contributed by atoms with van der Waals surface area (Å²) in [7, 11) is 0. The van der Waals surface area contributed by atoms with Gasteiger partial charge in [0.25, 0.3) is 5.91 Å². The molecule has 12 nitrogen and oxygen atoms in total. The van der Waals surface area contributed by atoms with Crippen LogP contribution in [0.4, 0.5) is 10.1 Å². The number of hydrogen-bond acceptors (Lipinski definition) is 7. The zero-order chi connectivity index (χ0) is 43.2. The fraction of sp³-hybridized carbons (Fsp3) is 0.447. The van der Waals surface area contributed by atoms with Crippen LogP contribution < -0.4 is 26.6 Å². The molecule has 4 heterocycles. The van der Waals surface area contributed by atoms with Gasteiger partial charge in [-0.05, 0) is 92.0 Å². The first-order chi connectivity index (χ1) is 29.8. The number of benzene rings is 3. The van der Waals surface area contributed by atoms with Gasteiger partial charge in [0.15, 0.2) is 0 Å². The van der Waals surface area contributed by atoms with Crippen LogP contribution in [-0.2, 0) is 35.9 Å². The summed E-state index contributed by atoms with van der Waals surface area (Å²) < 4.78 is 16.3. The van der Waals surface area contributed by atoms with E-state index in [-0.39, 0.29) is 59.5 Å². The Morgan fingerprint density at radius 2 is 1.73 bits per heavy atom. The number of hydrogen-bond donors (Lipinski definition) is 5. The van der Waals surface area contributed by atoms with Gasteiger partial charge >= 0.3 is 0 Å². The molecule has 1 unspecified atom stereocenters. The zero-order valence-corrected chi connectivity index (χ0v) is 35.4. The van der Waals surface area contributed by atoms with Crippen LogP contribution >= 0.6 is 23.2 Å². The van der Waals surface area contributed by atoms with Gasteiger partial charge in [-0.3, -0.25) is 39.4 Å². The minimum absolute atomic E-state index is 0.0645. The number of anilines is 1. The second kappa shape index (κ2) is 14.9. The predicted molar refractivity (Wildman–Crippen MR) is 227 cm³/mol. The summed E-state index contributed by atoms with van der Waals surface area (Å²) in [4.78, 5) is 81.6. The van der Waals surface area contributed by atoms with Crippen molar-refractivity contribution >= 4 is 64.3 Å². The molecule has 4 aliphatic heterocycles. The van der Waals surface area contributed by atoms with Crippen LogP contribution in [0.3, 0.4) is 0 Å². The summed E-state index contributed by atoms with van der Waals surface area (Å²) in [5.74, 6) is 2.99. The van der Waals surface area contributed by atoms with E-state index in [4.69, 9.17) is 23.2 Å². The summed E-state index contributed by atoms with van der Waals surface area (Å²) in [6.45, 7) is 0.660. The van der Waals surface area contributed by atoms with Crippen molar-refractivity contribution < 1.29 is 33.2 Å². The zero-order valence-electron chi connectivity index (χ0n) is 33.9. The quantitative estimate of drug-likeness (QED) is 0.113. The molecule has 11 rings (SSSR count). The van der Waals surface area contributed by atoms with E-state index < -0.39 is 51.6 Å². The molecule has 2 spiro atoms. The van der Waals surface area contributed by atoms with Gasteiger partial charge in [0.2, 0.25) is 29.5 Å². The van der Waals surface area contributed by atoms with E-state index in [0.29, 0.717) is 78.9 Å². The highest BCUT2D eigenvalue weighted by atomic mass is 35.5. The van der Waals surface area contributed by atoms with Crippen LogP contribution in [0.2, 0.25) is 10.0 Å². The number of carbonyl (C=O) groups excluding carboxylic acids is 6. The third-order valence-electron chi connectivity index (χ3n) is 14.8. The van der Waals surface area contributed by atoms with Crippen molar-refractivity contribution in [2.45, 2.75) is 118 Å².